The Hall–Kier alpha value is -2.88. The maximum atomic E-state index is 12.7. The molecule has 0 atom stereocenters. The van der Waals surface area contributed by atoms with Crippen molar-refractivity contribution in [3.05, 3.63) is 71.6 Å². The van der Waals surface area contributed by atoms with Gasteiger partial charge < -0.3 is 9.32 Å². The van der Waals surface area contributed by atoms with E-state index in [9.17, 15) is 4.79 Å². The van der Waals surface area contributed by atoms with Crippen LogP contribution in [0.5, 0.6) is 0 Å². The third-order valence-corrected chi connectivity index (χ3v) is 4.41. The summed E-state index contributed by atoms with van der Waals surface area (Å²) in [5.41, 5.74) is 3.94. The number of carbonyl (C=O) groups is 1. The number of aryl methyl sites for hydroxylation is 1. The Bertz CT molecular complexity index is 884. The summed E-state index contributed by atoms with van der Waals surface area (Å²) in [5.74, 6) is 1.26. The first-order valence-corrected chi connectivity index (χ1v) is 8.12. The third-order valence-electron chi connectivity index (χ3n) is 4.41. The molecule has 0 bridgehead atoms. The highest BCUT2D eigenvalue weighted by atomic mass is 16.4. The molecule has 3 aromatic rings. The fraction of sp³-hybridized carbons (Fsp3) is 0.200. The van der Waals surface area contributed by atoms with Crippen LogP contribution in [0, 0.1) is 6.92 Å². The lowest BCUT2D eigenvalue weighted by molar-refractivity contribution is -0.118. The molecule has 0 aliphatic carbocycles. The quantitative estimate of drug-likeness (QED) is 0.738. The first-order chi connectivity index (χ1) is 11.7. The number of hydrogen-bond acceptors (Lipinski definition) is 3. The van der Waals surface area contributed by atoms with Gasteiger partial charge >= 0.3 is 0 Å². The van der Waals surface area contributed by atoms with Gasteiger partial charge in [0.2, 0.25) is 11.8 Å². The average molecular weight is 318 g/mol. The molecular formula is C20H18N2O2. The monoisotopic (exact) mass is 318 g/mol. The van der Waals surface area contributed by atoms with Gasteiger partial charge in [0.1, 0.15) is 5.76 Å². The largest absolute Gasteiger partial charge is 0.440 e. The molecule has 0 fully saturated rings. The smallest absolute Gasteiger partial charge is 0.234 e. The second-order valence-electron chi connectivity index (χ2n) is 5.99. The number of rotatable bonds is 3. The summed E-state index contributed by atoms with van der Waals surface area (Å²) >= 11 is 0. The maximum absolute atomic E-state index is 12.7. The van der Waals surface area contributed by atoms with Crippen LogP contribution in [0.25, 0.3) is 11.5 Å². The molecule has 2 heterocycles. The fourth-order valence-electron chi connectivity index (χ4n) is 3.13. The summed E-state index contributed by atoms with van der Waals surface area (Å²) in [7, 11) is 0. The van der Waals surface area contributed by atoms with Crippen molar-refractivity contribution in [3.63, 3.8) is 0 Å². The molecule has 4 heteroatoms. The van der Waals surface area contributed by atoms with Gasteiger partial charge in [0.25, 0.3) is 0 Å². The van der Waals surface area contributed by atoms with Crippen molar-refractivity contribution < 1.29 is 9.21 Å². The fourth-order valence-corrected chi connectivity index (χ4v) is 3.13. The number of benzene rings is 2. The molecule has 120 valence electrons. The minimum Gasteiger partial charge on any atom is -0.440 e. The van der Waals surface area contributed by atoms with Crippen molar-refractivity contribution in [2.45, 2.75) is 19.8 Å². The first-order valence-electron chi connectivity index (χ1n) is 8.12. The molecule has 4 nitrogen and oxygen atoms in total. The second-order valence-corrected chi connectivity index (χ2v) is 5.99. The van der Waals surface area contributed by atoms with Crippen LogP contribution in [0.15, 0.2) is 59.0 Å². The molecule has 0 unspecified atom stereocenters. The van der Waals surface area contributed by atoms with Gasteiger partial charge in [0.15, 0.2) is 0 Å². The zero-order valence-electron chi connectivity index (χ0n) is 13.5. The summed E-state index contributed by atoms with van der Waals surface area (Å²) in [5, 5.41) is 0. The van der Waals surface area contributed by atoms with Crippen LogP contribution in [0.4, 0.5) is 5.69 Å². The van der Waals surface area contributed by atoms with Crippen molar-refractivity contribution in [1.82, 2.24) is 4.98 Å². The zero-order valence-corrected chi connectivity index (χ0v) is 13.5. The maximum Gasteiger partial charge on any atom is 0.234 e. The molecule has 0 saturated heterocycles. The van der Waals surface area contributed by atoms with E-state index >= 15 is 0 Å². The summed E-state index contributed by atoms with van der Waals surface area (Å²) in [6, 6.07) is 17.8. The van der Waals surface area contributed by atoms with E-state index < -0.39 is 0 Å². The Kier molecular flexibility index (Phi) is 3.65. The molecule has 24 heavy (non-hydrogen) atoms. The minimum absolute atomic E-state index is 0.0545. The molecule has 0 N–H and O–H groups in total. The van der Waals surface area contributed by atoms with Crippen molar-refractivity contribution in [2.75, 3.05) is 11.4 Å². The summed E-state index contributed by atoms with van der Waals surface area (Å²) in [6.45, 7) is 2.62. The molecule has 4 rings (SSSR count). The Morgan fingerprint density at radius 1 is 1.12 bits per heavy atom. The van der Waals surface area contributed by atoms with Gasteiger partial charge in [-0.15, -0.1) is 0 Å². The molecule has 1 aliphatic rings. The van der Waals surface area contributed by atoms with E-state index in [0.717, 1.165) is 29.9 Å². The van der Waals surface area contributed by atoms with E-state index in [1.54, 1.807) is 0 Å². The van der Waals surface area contributed by atoms with E-state index in [0.29, 0.717) is 11.7 Å². The number of oxazole rings is 1. The number of amides is 1. The van der Waals surface area contributed by atoms with Crippen LogP contribution in [0.2, 0.25) is 0 Å². The second kappa shape index (κ2) is 5.96. The standard InChI is InChI=1S/C20H18N2O2/c1-14-18(24-20(21-14)16-8-3-2-4-9-16)13-19(23)22-12-11-15-7-5-6-10-17(15)22/h2-10H,11-13H2,1H3. The van der Waals surface area contributed by atoms with Crippen LogP contribution in [-0.2, 0) is 17.6 Å². The van der Waals surface area contributed by atoms with E-state index in [2.05, 4.69) is 11.1 Å². The number of hydrogen-bond donors (Lipinski definition) is 0. The molecular weight excluding hydrogens is 300 g/mol. The lowest BCUT2D eigenvalue weighted by atomic mass is 10.2. The average Bonchev–Trinajstić information content (AvgIpc) is 3.20. The van der Waals surface area contributed by atoms with Crippen molar-refractivity contribution in [1.29, 1.82) is 0 Å². The number of fused-ring (bicyclic) bond motifs is 1. The number of para-hydroxylation sites is 1. The van der Waals surface area contributed by atoms with Crippen LogP contribution >= 0.6 is 0 Å². The van der Waals surface area contributed by atoms with Crippen LogP contribution in [0.3, 0.4) is 0 Å². The molecule has 1 aromatic heterocycles. The number of nitrogens with zero attached hydrogens (tertiary/aromatic N) is 2. The van der Waals surface area contributed by atoms with E-state index in [-0.39, 0.29) is 12.3 Å². The molecule has 0 spiro atoms. The Morgan fingerprint density at radius 2 is 1.88 bits per heavy atom. The molecule has 2 aromatic carbocycles. The molecule has 0 radical (unpaired) electrons. The SMILES string of the molecule is Cc1nc(-c2ccccc2)oc1CC(=O)N1CCc2ccccc21. The van der Waals surface area contributed by atoms with Gasteiger partial charge in [-0.3, -0.25) is 4.79 Å². The molecule has 0 saturated carbocycles. The molecule has 1 aliphatic heterocycles. The lowest BCUT2D eigenvalue weighted by Gasteiger charge is -2.16. The topological polar surface area (TPSA) is 46.3 Å². The van der Waals surface area contributed by atoms with Gasteiger partial charge in [0.05, 0.1) is 12.1 Å². The summed E-state index contributed by atoms with van der Waals surface area (Å²) in [4.78, 5) is 19.0. The Balaban J connectivity index is 1.56. The highest BCUT2D eigenvalue weighted by molar-refractivity contribution is 5.96. The predicted octanol–water partition coefficient (Wildman–Crippen LogP) is 3.78. The van der Waals surface area contributed by atoms with Gasteiger partial charge in [-0.25, -0.2) is 4.98 Å². The van der Waals surface area contributed by atoms with Crippen molar-refractivity contribution in [3.8, 4) is 11.5 Å². The van der Waals surface area contributed by atoms with E-state index in [1.807, 2.05) is 60.4 Å². The highest BCUT2D eigenvalue weighted by Crippen LogP contribution is 2.29. The normalized spacial score (nSPS) is 13.1. The van der Waals surface area contributed by atoms with Gasteiger partial charge in [-0.1, -0.05) is 36.4 Å². The van der Waals surface area contributed by atoms with Crippen molar-refractivity contribution >= 4 is 11.6 Å². The third kappa shape index (κ3) is 2.60. The molecule has 1 amide bonds. The predicted molar refractivity (Wildman–Crippen MR) is 92.9 cm³/mol. The first kappa shape index (κ1) is 14.7. The van der Waals surface area contributed by atoms with Crippen LogP contribution in [-0.4, -0.2) is 17.4 Å². The minimum atomic E-state index is 0.0545. The van der Waals surface area contributed by atoms with Crippen LogP contribution < -0.4 is 4.90 Å². The lowest BCUT2D eigenvalue weighted by Crippen LogP contribution is -2.30. The Morgan fingerprint density at radius 3 is 2.71 bits per heavy atom. The zero-order chi connectivity index (χ0) is 16.5. The highest BCUT2D eigenvalue weighted by Gasteiger charge is 2.26. The summed E-state index contributed by atoms with van der Waals surface area (Å²) in [6.07, 6.45) is 1.15. The van der Waals surface area contributed by atoms with Crippen molar-refractivity contribution in [2.24, 2.45) is 0 Å². The van der Waals surface area contributed by atoms with Gasteiger partial charge in [-0.05, 0) is 37.1 Å². The van der Waals surface area contributed by atoms with Gasteiger partial charge in [0, 0.05) is 17.8 Å². The van der Waals surface area contributed by atoms with Gasteiger partial charge in [-0.2, -0.15) is 0 Å². The van der Waals surface area contributed by atoms with E-state index in [1.165, 1.54) is 5.56 Å². The summed E-state index contributed by atoms with van der Waals surface area (Å²) < 4.78 is 5.86. The number of aromatic nitrogens is 1. The number of carbonyl (C=O) groups excluding carboxylic acids is 1. The van der Waals surface area contributed by atoms with Crippen LogP contribution in [0.1, 0.15) is 17.0 Å². The number of anilines is 1. The Labute approximate surface area is 140 Å². The van der Waals surface area contributed by atoms with E-state index in [4.69, 9.17) is 4.42 Å².